The van der Waals surface area contributed by atoms with Crippen molar-refractivity contribution in [1.82, 2.24) is 0 Å². The second kappa shape index (κ2) is 5.81. The normalized spacial score (nSPS) is 8.44. The van der Waals surface area contributed by atoms with Gasteiger partial charge in [0.25, 0.3) is 0 Å². The maximum Gasteiger partial charge on any atom is 0.134 e. The minimum Gasteiger partial charge on any atom is -0.185 e. The molecule has 0 bridgehead atoms. The summed E-state index contributed by atoms with van der Waals surface area (Å²) in [6.07, 6.45) is 0.858. The number of thiocyanates is 2. The molecule has 9 heavy (non-hydrogen) atoms. The van der Waals surface area contributed by atoms with E-state index < -0.39 is 0 Å². The molecule has 0 aromatic carbocycles. The third kappa shape index (κ3) is 4.20. The summed E-state index contributed by atoms with van der Waals surface area (Å²) >= 11 is 2.29. The Hall–Kier alpha value is -0.320. The molecule has 0 rings (SSSR count). The van der Waals surface area contributed by atoms with Crippen molar-refractivity contribution in [3.8, 4) is 10.8 Å². The van der Waals surface area contributed by atoms with Crippen LogP contribution in [0.5, 0.6) is 0 Å². The largest absolute Gasteiger partial charge is 0.185 e. The highest BCUT2D eigenvalue weighted by Gasteiger charge is 2.04. The van der Waals surface area contributed by atoms with Gasteiger partial charge in [-0.1, -0.05) is 6.92 Å². The van der Waals surface area contributed by atoms with Gasteiger partial charge in [-0.3, -0.25) is 0 Å². The van der Waals surface area contributed by atoms with Crippen LogP contribution in [0, 0.1) is 21.3 Å². The van der Waals surface area contributed by atoms with Crippen LogP contribution in [-0.2, 0) is 0 Å². The molecule has 0 N–H and O–H groups in total. The summed E-state index contributed by atoms with van der Waals surface area (Å²) in [5.41, 5.74) is 0. The van der Waals surface area contributed by atoms with Gasteiger partial charge in [0.2, 0.25) is 0 Å². The van der Waals surface area contributed by atoms with Gasteiger partial charge in [-0.15, -0.1) is 0 Å². The zero-order valence-corrected chi connectivity index (χ0v) is 6.63. The molecular weight excluding hydrogens is 152 g/mol. The molecule has 0 aliphatic carbocycles. The lowest BCUT2D eigenvalue weighted by molar-refractivity contribution is 1.06. The third-order valence-corrected chi connectivity index (χ3v) is 2.68. The van der Waals surface area contributed by atoms with Crippen LogP contribution in [0.1, 0.15) is 13.3 Å². The lowest BCUT2D eigenvalue weighted by Gasteiger charge is -1.99. The first-order valence-electron chi connectivity index (χ1n) is 2.44. The van der Waals surface area contributed by atoms with Crippen LogP contribution >= 0.6 is 23.5 Å². The Bertz CT molecular complexity index is 128. The fourth-order valence-electron chi connectivity index (χ4n) is 0.308. The maximum absolute atomic E-state index is 8.18. The Morgan fingerprint density at radius 1 is 1.33 bits per heavy atom. The average Bonchev–Trinajstić information content (AvgIpc) is 1.88. The molecule has 0 amide bonds. The highest BCUT2D eigenvalue weighted by Crippen LogP contribution is 2.23. The molecule has 0 heterocycles. The van der Waals surface area contributed by atoms with Crippen LogP contribution in [0.2, 0.25) is 0 Å². The average molecular weight is 158 g/mol. The molecule has 0 spiro atoms. The topological polar surface area (TPSA) is 47.6 Å². The standard InChI is InChI=1S/C5H6N2S2/c1-2-5(8-3-6)9-4-7/h5H,2H2,1H3. The fraction of sp³-hybridized carbons (Fsp3) is 0.600. The summed E-state index contributed by atoms with van der Waals surface area (Å²) in [5, 5.41) is 20.3. The Kier molecular flexibility index (Phi) is 5.60. The highest BCUT2D eigenvalue weighted by atomic mass is 32.2. The summed E-state index contributed by atoms with van der Waals surface area (Å²) < 4.78 is 0.125. The minimum atomic E-state index is 0.125. The second-order valence-electron chi connectivity index (χ2n) is 1.26. The van der Waals surface area contributed by atoms with Crippen LogP contribution in [0.15, 0.2) is 0 Å². The molecule has 2 nitrogen and oxygen atoms in total. The van der Waals surface area contributed by atoms with Gasteiger partial charge >= 0.3 is 0 Å². The molecule has 0 aromatic heterocycles. The van der Waals surface area contributed by atoms with E-state index in [2.05, 4.69) is 0 Å². The van der Waals surface area contributed by atoms with E-state index in [9.17, 15) is 0 Å². The Morgan fingerprint density at radius 3 is 2.00 bits per heavy atom. The molecule has 0 atom stereocenters. The van der Waals surface area contributed by atoms with Crippen molar-refractivity contribution in [2.45, 2.75) is 17.9 Å². The number of hydrogen-bond donors (Lipinski definition) is 0. The molecule has 48 valence electrons. The van der Waals surface area contributed by atoms with Crippen molar-refractivity contribution in [2.24, 2.45) is 0 Å². The monoisotopic (exact) mass is 158 g/mol. The van der Waals surface area contributed by atoms with Gasteiger partial charge in [0.1, 0.15) is 10.8 Å². The Morgan fingerprint density at radius 2 is 1.78 bits per heavy atom. The summed E-state index contributed by atoms with van der Waals surface area (Å²) in [6, 6.07) is 0. The first-order chi connectivity index (χ1) is 4.35. The van der Waals surface area contributed by atoms with E-state index in [4.69, 9.17) is 10.5 Å². The molecule has 0 saturated carbocycles. The number of nitriles is 2. The summed E-state index contributed by atoms with van der Waals surface area (Å²) in [5.74, 6) is 0. The number of nitrogens with zero attached hydrogens (tertiary/aromatic N) is 2. The first kappa shape index (κ1) is 8.68. The predicted octanol–water partition coefficient (Wildman–Crippen LogP) is 2.15. The van der Waals surface area contributed by atoms with Crippen molar-refractivity contribution >= 4 is 23.5 Å². The fourth-order valence-corrected chi connectivity index (χ4v) is 1.33. The predicted molar refractivity (Wildman–Crippen MR) is 40.5 cm³/mol. The van der Waals surface area contributed by atoms with E-state index >= 15 is 0 Å². The molecule has 0 aliphatic rings. The van der Waals surface area contributed by atoms with E-state index in [0.717, 1.165) is 29.9 Å². The van der Waals surface area contributed by atoms with E-state index in [-0.39, 0.29) is 4.58 Å². The second-order valence-corrected chi connectivity index (χ2v) is 3.53. The zero-order chi connectivity index (χ0) is 7.11. The van der Waals surface area contributed by atoms with Crippen LogP contribution in [0.25, 0.3) is 0 Å². The van der Waals surface area contributed by atoms with E-state index in [1.807, 2.05) is 17.7 Å². The highest BCUT2D eigenvalue weighted by molar-refractivity contribution is 8.21. The lowest BCUT2D eigenvalue weighted by atomic mass is 10.6. The number of rotatable bonds is 3. The van der Waals surface area contributed by atoms with Gasteiger partial charge in [-0.2, -0.15) is 10.5 Å². The van der Waals surface area contributed by atoms with Crippen LogP contribution in [-0.4, -0.2) is 4.58 Å². The summed E-state index contributed by atoms with van der Waals surface area (Å²) in [7, 11) is 0. The van der Waals surface area contributed by atoms with Crippen molar-refractivity contribution in [2.75, 3.05) is 0 Å². The van der Waals surface area contributed by atoms with E-state index in [1.54, 1.807) is 0 Å². The minimum absolute atomic E-state index is 0.125. The van der Waals surface area contributed by atoms with Crippen molar-refractivity contribution in [3.63, 3.8) is 0 Å². The first-order valence-corrected chi connectivity index (χ1v) is 4.20. The molecular formula is C5H6N2S2. The van der Waals surface area contributed by atoms with Crippen molar-refractivity contribution < 1.29 is 0 Å². The third-order valence-electron chi connectivity index (χ3n) is 0.702. The van der Waals surface area contributed by atoms with Crippen LogP contribution in [0.4, 0.5) is 0 Å². The van der Waals surface area contributed by atoms with E-state index in [1.165, 1.54) is 0 Å². The number of hydrogen-bond acceptors (Lipinski definition) is 4. The van der Waals surface area contributed by atoms with Gasteiger partial charge in [-0.05, 0) is 29.9 Å². The quantitative estimate of drug-likeness (QED) is 0.466. The molecule has 0 aromatic rings. The van der Waals surface area contributed by atoms with Crippen LogP contribution in [0.3, 0.4) is 0 Å². The van der Waals surface area contributed by atoms with E-state index in [0.29, 0.717) is 0 Å². The molecule has 0 unspecified atom stereocenters. The molecule has 4 heteroatoms. The molecule has 0 saturated heterocycles. The SMILES string of the molecule is CCC(SC#N)SC#N. The summed E-state index contributed by atoms with van der Waals surface area (Å²) in [4.78, 5) is 0. The Labute approximate surface area is 63.2 Å². The summed E-state index contributed by atoms with van der Waals surface area (Å²) in [6.45, 7) is 1.96. The zero-order valence-electron chi connectivity index (χ0n) is 5.00. The molecule has 0 fully saturated rings. The van der Waals surface area contributed by atoms with Crippen molar-refractivity contribution in [1.29, 1.82) is 10.5 Å². The van der Waals surface area contributed by atoms with Gasteiger partial charge in [-0.25, -0.2) is 0 Å². The van der Waals surface area contributed by atoms with Crippen molar-refractivity contribution in [3.05, 3.63) is 0 Å². The van der Waals surface area contributed by atoms with Gasteiger partial charge in [0, 0.05) is 0 Å². The van der Waals surface area contributed by atoms with Gasteiger partial charge < -0.3 is 0 Å². The smallest absolute Gasteiger partial charge is 0.134 e. The maximum atomic E-state index is 8.18. The molecule has 0 aliphatic heterocycles. The Balaban J connectivity index is 3.47. The molecule has 0 radical (unpaired) electrons. The lowest BCUT2D eigenvalue weighted by Crippen LogP contribution is -1.88. The van der Waals surface area contributed by atoms with Gasteiger partial charge in [0.05, 0.1) is 4.58 Å². The van der Waals surface area contributed by atoms with Gasteiger partial charge in [0.15, 0.2) is 0 Å². The number of thioether (sulfide) groups is 2. The van der Waals surface area contributed by atoms with Crippen LogP contribution < -0.4 is 0 Å².